The van der Waals surface area contributed by atoms with Gasteiger partial charge in [-0.2, -0.15) is 0 Å². The van der Waals surface area contributed by atoms with Crippen molar-refractivity contribution in [2.45, 2.75) is 12.8 Å². The number of thiazole rings is 1. The van der Waals surface area contributed by atoms with Crippen molar-refractivity contribution in [3.8, 4) is 9.88 Å². The number of hydrogen-bond acceptors (Lipinski definition) is 5. The third-order valence-electron chi connectivity index (χ3n) is 3.69. The van der Waals surface area contributed by atoms with Crippen LogP contribution in [0.1, 0.15) is 12.1 Å². The number of nitrogens with zero attached hydrogens (tertiary/aromatic N) is 3. The molecule has 3 heterocycles. The molecule has 1 aliphatic heterocycles. The van der Waals surface area contributed by atoms with E-state index in [0.717, 1.165) is 43.3 Å². The SMILES string of the molecule is CN1CCCN(C(=O)Cc2csc(-c3cccs3)n2)CC1. The number of likely N-dealkylation sites (N-methyl/N-ethyl adjacent to an activating group) is 1. The van der Waals surface area contributed by atoms with E-state index in [2.05, 4.69) is 28.4 Å². The van der Waals surface area contributed by atoms with Crippen molar-refractivity contribution in [2.24, 2.45) is 0 Å². The van der Waals surface area contributed by atoms with Crippen molar-refractivity contribution in [3.63, 3.8) is 0 Å². The van der Waals surface area contributed by atoms with Gasteiger partial charge >= 0.3 is 0 Å². The molecule has 21 heavy (non-hydrogen) atoms. The summed E-state index contributed by atoms with van der Waals surface area (Å²) in [4.78, 5) is 22.4. The zero-order chi connectivity index (χ0) is 14.7. The molecule has 1 fully saturated rings. The minimum absolute atomic E-state index is 0.202. The fourth-order valence-corrected chi connectivity index (χ4v) is 4.10. The predicted octanol–water partition coefficient (Wildman–Crippen LogP) is 2.58. The second-order valence-corrected chi connectivity index (χ2v) is 7.14. The second kappa shape index (κ2) is 6.68. The van der Waals surface area contributed by atoms with Gasteiger partial charge in [-0.05, 0) is 31.5 Å². The van der Waals surface area contributed by atoms with Gasteiger partial charge in [-0.3, -0.25) is 4.79 Å². The van der Waals surface area contributed by atoms with E-state index in [1.807, 2.05) is 16.3 Å². The minimum Gasteiger partial charge on any atom is -0.341 e. The minimum atomic E-state index is 0.202. The lowest BCUT2D eigenvalue weighted by atomic mass is 10.3. The van der Waals surface area contributed by atoms with E-state index in [1.165, 1.54) is 4.88 Å². The Labute approximate surface area is 133 Å². The largest absolute Gasteiger partial charge is 0.341 e. The molecule has 0 bridgehead atoms. The van der Waals surface area contributed by atoms with Gasteiger partial charge in [-0.25, -0.2) is 4.98 Å². The molecular weight excluding hydrogens is 302 g/mol. The summed E-state index contributed by atoms with van der Waals surface area (Å²) in [5, 5.41) is 5.08. The molecule has 1 amide bonds. The molecule has 1 saturated heterocycles. The van der Waals surface area contributed by atoms with Crippen LogP contribution in [0.15, 0.2) is 22.9 Å². The Balaban J connectivity index is 1.62. The zero-order valence-corrected chi connectivity index (χ0v) is 13.8. The molecule has 3 rings (SSSR count). The number of carbonyl (C=O) groups excluding carboxylic acids is 1. The van der Waals surface area contributed by atoms with Crippen molar-refractivity contribution >= 4 is 28.6 Å². The van der Waals surface area contributed by atoms with Gasteiger partial charge < -0.3 is 9.80 Å². The average Bonchev–Trinajstić information content (AvgIpc) is 3.09. The van der Waals surface area contributed by atoms with E-state index in [9.17, 15) is 4.79 Å². The summed E-state index contributed by atoms with van der Waals surface area (Å²) in [5.74, 6) is 0.202. The topological polar surface area (TPSA) is 36.4 Å². The Morgan fingerprint density at radius 2 is 2.19 bits per heavy atom. The van der Waals surface area contributed by atoms with Gasteiger partial charge in [-0.1, -0.05) is 6.07 Å². The molecule has 4 nitrogen and oxygen atoms in total. The van der Waals surface area contributed by atoms with Gasteiger partial charge in [0.1, 0.15) is 5.01 Å². The summed E-state index contributed by atoms with van der Waals surface area (Å²) >= 11 is 3.31. The Kier molecular flexibility index (Phi) is 4.67. The second-order valence-electron chi connectivity index (χ2n) is 5.34. The Morgan fingerprint density at radius 3 is 3.00 bits per heavy atom. The zero-order valence-electron chi connectivity index (χ0n) is 12.1. The van der Waals surface area contributed by atoms with Gasteiger partial charge in [0.25, 0.3) is 0 Å². The molecular formula is C15H19N3OS2. The van der Waals surface area contributed by atoms with Crippen molar-refractivity contribution in [3.05, 3.63) is 28.6 Å². The fourth-order valence-electron chi connectivity index (χ4n) is 2.46. The molecule has 112 valence electrons. The van der Waals surface area contributed by atoms with Crippen LogP contribution in [0.3, 0.4) is 0 Å². The summed E-state index contributed by atoms with van der Waals surface area (Å²) in [6.45, 7) is 3.73. The summed E-state index contributed by atoms with van der Waals surface area (Å²) in [5.41, 5.74) is 0.894. The van der Waals surface area contributed by atoms with Gasteiger partial charge in [-0.15, -0.1) is 22.7 Å². The lowest BCUT2D eigenvalue weighted by molar-refractivity contribution is -0.130. The molecule has 2 aromatic rings. The molecule has 1 aliphatic rings. The van der Waals surface area contributed by atoms with E-state index in [0.29, 0.717) is 6.42 Å². The first-order chi connectivity index (χ1) is 10.2. The molecule has 0 atom stereocenters. The average molecular weight is 321 g/mol. The standard InChI is InChI=1S/C15H19N3OS2/c1-17-5-3-6-18(8-7-17)14(19)10-12-11-21-15(16-12)13-4-2-9-20-13/h2,4,9,11H,3,5-8,10H2,1H3. The van der Waals surface area contributed by atoms with Crippen molar-refractivity contribution < 1.29 is 4.79 Å². The highest BCUT2D eigenvalue weighted by Gasteiger charge is 2.18. The van der Waals surface area contributed by atoms with Crippen LogP contribution in [0.25, 0.3) is 9.88 Å². The first-order valence-corrected chi connectivity index (χ1v) is 8.93. The summed E-state index contributed by atoms with van der Waals surface area (Å²) in [6, 6.07) is 4.10. The van der Waals surface area contributed by atoms with Crippen molar-refractivity contribution in [2.75, 3.05) is 33.2 Å². The molecule has 0 aliphatic carbocycles. The van der Waals surface area contributed by atoms with E-state index in [4.69, 9.17) is 0 Å². The monoisotopic (exact) mass is 321 g/mol. The quantitative estimate of drug-likeness (QED) is 0.872. The van der Waals surface area contributed by atoms with E-state index >= 15 is 0 Å². The number of carbonyl (C=O) groups is 1. The maximum Gasteiger partial charge on any atom is 0.228 e. The van der Waals surface area contributed by atoms with E-state index < -0.39 is 0 Å². The van der Waals surface area contributed by atoms with Gasteiger partial charge in [0.15, 0.2) is 0 Å². The maximum atomic E-state index is 12.4. The smallest absolute Gasteiger partial charge is 0.228 e. The van der Waals surface area contributed by atoms with Crippen LogP contribution in [0.5, 0.6) is 0 Å². The van der Waals surface area contributed by atoms with E-state index in [1.54, 1.807) is 22.7 Å². The summed E-state index contributed by atoms with van der Waals surface area (Å²) < 4.78 is 0. The van der Waals surface area contributed by atoms with Crippen LogP contribution in [-0.2, 0) is 11.2 Å². The molecule has 2 aromatic heterocycles. The molecule has 0 spiro atoms. The van der Waals surface area contributed by atoms with Crippen LogP contribution < -0.4 is 0 Å². The lowest BCUT2D eigenvalue weighted by Gasteiger charge is -2.20. The molecule has 0 radical (unpaired) electrons. The Hall–Kier alpha value is -1.24. The van der Waals surface area contributed by atoms with Crippen LogP contribution in [0.4, 0.5) is 0 Å². The van der Waals surface area contributed by atoms with Crippen LogP contribution in [-0.4, -0.2) is 53.9 Å². The highest BCUT2D eigenvalue weighted by Crippen LogP contribution is 2.28. The van der Waals surface area contributed by atoms with Gasteiger partial charge in [0, 0.05) is 25.0 Å². The van der Waals surface area contributed by atoms with Crippen LogP contribution in [0, 0.1) is 0 Å². The van der Waals surface area contributed by atoms with E-state index in [-0.39, 0.29) is 5.91 Å². The lowest BCUT2D eigenvalue weighted by Crippen LogP contribution is -2.35. The van der Waals surface area contributed by atoms with Crippen molar-refractivity contribution in [1.82, 2.24) is 14.8 Å². The number of thiophene rings is 1. The number of aromatic nitrogens is 1. The normalized spacial score (nSPS) is 16.9. The number of rotatable bonds is 3. The first-order valence-electron chi connectivity index (χ1n) is 7.17. The molecule has 0 unspecified atom stereocenters. The Morgan fingerprint density at radius 1 is 1.29 bits per heavy atom. The molecule has 0 N–H and O–H groups in total. The molecule has 0 aromatic carbocycles. The third kappa shape index (κ3) is 3.70. The van der Waals surface area contributed by atoms with Crippen molar-refractivity contribution in [1.29, 1.82) is 0 Å². The predicted molar refractivity (Wildman–Crippen MR) is 87.8 cm³/mol. The first kappa shape index (κ1) is 14.7. The van der Waals surface area contributed by atoms with Gasteiger partial charge in [0.05, 0.1) is 17.0 Å². The van der Waals surface area contributed by atoms with Crippen LogP contribution in [0.2, 0.25) is 0 Å². The fraction of sp³-hybridized carbons (Fsp3) is 0.467. The molecule has 0 saturated carbocycles. The maximum absolute atomic E-state index is 12.4. The number of hydrogen-bond donors (Lipinski definition) is 0. The Bertz CT molecular complexity index is 594. The highest BCUT2D eigenvalue weighted by molar-refractivity contribution is 7.20. The third-order valence-corrected chi connectivity index (χ3v) is 5.62. The number of amides is 1. The summed E-state index contributed by atoms with van der Waals surface area (Å²) in [6.07, 6.45) is 1.48. The van der Waals surface area contributed by atoms with Gasteiger partial charge in [0.2, 0.25) is 5.91 Å². The summed E-state index contributed by atoms with van der Waals surface area (Å²) in [7, 11) is 2.11. The molecule has 6 heteroatoms. The van der Waals surface area contributed by atoms with Crippen LogP contribution >= 0.6 is 22.7 Å². The highest BCUT2D eigenvalue weighted by atomic mass is 32.1.